The van der Waals surface area contributed by atoms with Crippen molar-refractivity contribution >= 4 is 11.8 Å². The van der Waals surface area contributed by atoms with Crippen LogP contribution >= 0.6 is 0 Å². The Morgan fingerprint density at radius 2 is 2.05 bits per heavy atom. The highest BCUT2D eigenvalue weighted by molar-refractivity contribution is 5.88. The van der Waals surface area contributed by atoms with Gasteiger partial charge in [0.15, 0.2) is 5.82 Å². The van der Waals surface area contributed by atoms with Gasteiger partial charge in [-0.2, -0.15) is 5.10 Å². The van der Waals surface area contributed by atoms with Crippen LogP contribution in [0.2, 0.25) is 0 Å². The number of rotatable bonds is 1. The third-order valence-corrected chi connectivity index (χ3v) is 3.77. The number of aryl methyl sites for hydroxylation is 2. The molecule has 5 heteroatoms. The lowest BCUT2D eigenvalue weighted by Gasteiger charge is -2.28. The van der Waals surface area contributed by atoms with E-state index in [-0.39, 0.29) is 6.03 Å². The molecular weight excluding hydrogens is 252 g/mol. The van der Waals surface area contributed by atoms with E-state index in [9.17, 15) is 4.79 Å². The van der Waals surface area contributed by atoms with E-state index < -0.39 is 0 Å². The number of nitrogens with one attached hydrogen (secondary N) is 1. The van der Waals surface area contributed by atoms with Gasteiger partial charge in [0.1, 0.15) is 0 Å². The Morgan fingerprint density at radius 3 is 2.75 bits per heavy atom. The molecule has 20 heavy (non-hydrogen) atoms. The van der Waals surface area contributed by atoms with Crippen LogP contribution in [-0.2, 0) is 20.0 Å². The minimum absolute atomic E-state index is 0.0856. The van der Waals surface area contributed by atoms with Crippen molar-refractivity contribution in [3.8, 4) is 0 Å². The van der Waals surface area contributed by atoms with Crippen LogP contribution in [0.15, 0.2) is 30.3 Å². The van der Waals surface area contributed by atoms with Gasteiger partial charge in [0, 0.05) is 31.9 Å². The molecule has 2 heterocycles. The Hall–Kier alpha value is -2.30. The van der Waals surface area contributed by atoms with Gasteiger partial charge in [0.25, 0.3) is 0 Å². The second kappa shape index (κ2) is 5.00. The van der Waals surface area contributed by atoms with Crippen LogP contribution < -0.4 is 5.32 Å². The number of hydrogen-bond donors (Lipinski definition) is 1. The van der Waals surface area contributed by atoms with Crippen molar-refractivity contribution in [2.75, 3.05) is 11.9 Å². The van der Waals surface area contributed by atoms with Crippen LogP contribution in [0.4, 0.5) is 10.6 Å². The van der Waals surface area contributed by atoms with Crippen molar-refractivity contribution in [3.63, 3.8) is 0 Å². The van der Waals surface area contributed by atoms with E-state index in [1.807, 2.05) is 37.1 Å². The number of benzene rings is 1. The fraction of sp³-hybridized carbons (Fsp3) is 0.333. The number of carbonyl (C=O) groups excluding carboxylic acids is 1. The topological polar surface area (TPSA) is 50.2 Å². The van der Waals surface area contributed by atoms with Crippen LogP contribution in [0.25, 0.3) is 0 Å². The average molecular weight is 270 g/mol. The standard InChI is InChI=1S/C15H18N4O/c1-11-9-14(17-18(11)2)16-15(20)19-8-7-12-5-3-4-6-13(12)10-19/h3-6,9H,7-8,10H2,1-2H3,(H,16,17,20). The molecule has 0 spiro atoms. The smallest absolute Gasteiger partial charge is 0.320 e. The molecule has 1 N–H and O–H groups in total. The predicted molar refractivity (Wildman–Crippen MR) is 77.5 cm³/mol. The Morgan fingerprint density at radius 1 is 1.30 bits per heavy atom. The van der Waals surface area contributed by atoms with Gasteiger partial charge < -0.3 is 4.90 Å². The van der Waals surface area contributed by atoms with Crippen molar-refractivity contribution in [2.24, 2.45) is 7.05 Å². The summed E-state index contributed by atoms with van der Waals surface area (Å²) >= 11 is 0. The summed E-state index contributed by atoms with van der Waals surface area (Å²) in [6.45, 7) is 3.36. The zero-order valence-corrected chi connectivity index (χ0v) is 11.8. The number of fused-ring (bicyclic) bond motifs is 1. The monoisotopic (exact) mass is 270 g/mol. The van der Waals surface area contributed by atoms with Crippen LogP contribution in [-0.4, -0.2) is 27.3 Å². The highest BCUT2D eigenvalue weighted by Crippen LogP contribution is 2.19. The van der Waals surface area contributed by atoms with Crippen LogP contribution in [0, 0.1) is 6.92 Å². The molecule has 0 aliphatic carbocycles. The minimum Gasteiger partial charge on any atom is -0.320 e. The van der Waals surface area contributed by atoms with E-state index in [0.29, 0.717) is 12.4 Å². The van der Waals surface area contributed by atoms with Crippen molar-refractivity contribution in [3.05, 3.63) is 47.2 Å². The molecule has 0 atom stereocenters. The third-order valence-electron chi connectivity index (χ3n) is 3.77. The first-order chi connectivity index (χ1) is 9.63. The van der Waals surface area contributed by atoms with E-state index in [1.54, 1.807) is 4.68 Å². The molecule has 1 aliphatic rings. The van der Waals surface area contributed by atoms with Crippen LogP contribution in [0.3, 0.4) is 0 Å². The molecule has 0 unspecified atom stereocenters. The SMILES string of the molecule is Cc1cc(NC(=O)N2CCc3ccccc3C2)nn1C. The average Bonchev–Trinajstić information content (AvgIpc) is 2.76. The molecule has 3 rings (SSSR count). The summed E-state index contributed by atoms with van der Waals surface area (Å²) in [5.41, 5.74) is 3.58. The maximum atomic E-state index is 12.3. The summed E-state index contributed by atoms with van der Waals surface area (Å²) in [5.74, 6) is 0.605. The van der Waals surface area contributed by atoms with E-state index in [1.165, 1.54) is 11.1 Å². The zero-order valence-electron chi connectivity index (χ0n) is 11.8. The lowest BCUT2D eigenvalue weighted by atomic mass is 10.0. The minimum atomic E-state index is -0.0856. The normalized spacial score (nSPS) is 14.0. The fourth-order valence-electron chi connectivity index (χ4n) is 2.48. The Balaban J connectivity index is 1.70. The fourth-order valence-corrected chi connectivity index (χ4v) is 2.48. The van der Waals surface area contributed by atoms with Crippen molar-refractivity contribution in [1.29, 1.82) is 0 Å². The highest BCUT2D eigenvalue weighted by Gasteiger charge is 2.20. The van der Waals surface area contributed by atoms with E-state index >= 15 is 0 Å². The molecule has 1 aliphatic heterocycles. The van der Waals surface area contributed by atoms with Gasteiger partial charge in [-0.15, -0.1) is 0 Å². The molecule has 2 aromatic rings. The van der Waals surface area contributed by atoms with E-state index in [2.05, 4.69) is 22.5 Å². The highest BCUT2D eigenvalue weighted by atomic mass is 16.2. The predicted octanol–water partition coefficient (Wildman–Crippen LogP) is 2.32. The van der Waals surface area contributed by atoms with Gasteiger partial charge in [-0.25, -0.2) is 4.79 Å². The second-order valence-electron chi connectivity index (χ2n) is 5.16. The Bertz CT molecular complexity index is 628. The molecule has 0 saturated heterocycles. The van der Waals surface area contributed by atoms with Crippen LogP contribution in [0.5, 0.6) is 0 Å². The third kappa shape index (κ3) is 2.39. The van der Waals surface area contributed by atoms with E-state index in [4.69, 9.17) is 0 Å². The molecule has 0 fully saturated rings. The molecule has 1 aromatic carbocycles. The molecule has 0 saturated carbocycles. The summed E-state index contributed by atoms with van der Waals surface area (Å²) in [5, 5.41) is 7.11. The Kier molecular flexibility index (Phi) is 3.18. The van der Waals surface area contributed by atoms with Gasteiger partial charge >= 0.3 is 6.03 Å². The molecular formula is C15H18N4O. The summed E-state index contributed by atoms with van der Waals surface area (Å²) in [4.78, 5) is 14.1. The summed E-state index contributed by atoms with van der Waals surface area (Å²) in [7, 11) is 1.86. The zero-order chi connectivity index (χ0) is 14.1. The number of urea groups is 1. The molecule has 5 nitrogen and oxygen atoms in total. The quantitative estimate of drug-likeness (QED) is 0.864. The molecule has 2 amide bonds. The maximum Gasteiger partial charge on any atom is 0.323 e. The van der Waals surface area contributed by atoms with Gasteiger partial charge in [0.2, 0.25) is 0 Å². The molecule has 0 bridgehead atoms. The van der Waals surface area contributed by atoms with Gasteiger partial charge in [-0.05, 0) is 24.5 Å². The first-order valence-electron chi connectivity index (χ1n) is 6.77. The lowest BCUT2D eigenvalue weighted by molar-refractivity contribution is 0.206. The number of amides is 2. The first-order valence-corrected chi connectivity index (χ1v) is 6.77. The number of anilines is 1. The maximum absolute atomic E-state index is 12.3. The first kappa shape index (κ1) is 12.7. The lowest BCUT2D eigenvalue weighted by Crippen LogP contribution is -2.38. The summed E-state index contributed by atoms with van der Waals surface area (Å²) in [6, 6.07) is 10.1. The number of hydrogen-bond acceptors (Lipinski definition) is 2. The van der Waals surface area contributed by atoms with Crippen molar-refractivity contribution in [2.45, 2.75) is 19.9 Å². The van der Waals surface area contributed by atoms with E-state index in [0.717, 1.165) is 18.7 Å². The van der Waals surface area contributed by atoms with Crippen molar-refractivity contribution < 1.29 is 4.79 Å². The second-order valence-corrected chi connectivity index (χ2v) is 5.16. The Labute approximate surface area is 118 Å². The number of aromatic nitrogens is 2. The molecule has 0 radical (unpaired) electrons. The molecule has 1 aromatic heterocycles. The summed E-state index contributed by atoms with van der Waals surface area (Å²) in [6.07, 6.45) is 0.908. The molecule has 104 valence electrons. The number of carbonyl (C=O) groups is 1. The van der Waals surface area contributed by atoms with Gasteiger partial charge in [0.05, 0.1) is 0 Å². The van der Waals surface area contributed by atoms with Gasteiger partial charge in [-0.1, -0.05) is 24.3 Å². The van der Waals surface area contributed by atoms with Gasteiger partial charge in [-0.3, -0.25) is 10.00 Å². The summed E-state index contributed by atoms with van der Waals surface area (Å²) < 4.78 is 1.75. The number of nitrogens with zero attached hydrogens (tertiary/aromatic N) is 3. The largest absolute Gasteiger partial charge is 0.323 e. The van der Waals surface area contributed by atoms with Crippen molar-refractivity contribution in [1.82, 2.24) is 14.7 Å². The van der Waals surface area contributed by atoms with Crippen LogP contribution in [0.1, 0.15) is 16.8 Å².